The molecule has 1 fully saturated rings. The number of oxime groups is 1. The quantitative estimate of drug-likeness (QED) is 0.0921. The Kier molecular flexibility index (Phi) is 10.3. The van der Waals surface area contributed by atoms with Crippen molar-refractivity contribution in [2.45, 2.75) is 50.9 Å². The minimum absolute atomic E-state index is 0.0181. The molecule has 1 saturated carbocycles. The molecule has 1 aromatic carbocycles. The highest BCUT2D eigenvalue weighted by atomic mass is 19.1. The van der Waals surface area contributed by atoms with Crippen LogP contribution in [0, 0.1) is 0 Å². The van der Waals surface area contributed by atoms with Gasteiger partial charge in [-0.15, -0.1) is 13.2 Å². The Balaban J connectivity index is 0.00000187. The van der Waals surface area contributed by atoms with Crippen molar-refractivity contribution in [3.63, 3.8) is 0 Å². The molecule has 1 aliphatic carbocycles. The fourth-order valence-electron chi connectivity index (χ4n) is 3.25. The number of alkyl halides is 1. The zero-order valence-electron chi connectivity index (χ0n) is 18.9. The van der Waals surface area contributed by atoms with Gasteiger partial charge < -0.3 is 20.4 Å². The first-order valence-electron chi connectivity index (χ1n) is 11.0. The van der Waals surface area contributed by atoms with Crippen LogP contribution in [0.25, 0.3) is 0 Å². The number of hydrogen-bond acceptors (Lipinski definition) is 6. The first kappa shape index (κ1) is 25.8. The van der Waals surface area contributed by atoms with Crippen LogP contribution in [0.3, 0.4) is 0 Å². The molecule has 0 atom stereocenters. The fraction of sp³-hybridized carbons (Fsp3) is 0.417. The van der Waals surface area contributed by atoms with E-state index in [-0.39, 0.29) is 23.7 Å². The zero-order chi connectivity index (χ0) is 24.2. The van der Waals surface area contributed by atoms with Crippen LogP contribution in [0.5, 0.6) is 0 Å². The van der Waals surface area contributed by atoms with Gasteiger partial charge in [-0.25, -0.2) is 0 Å². The summed E-state index contributed by atoms with van der Waals surface area (Å²) in [7, 11) is 0. The molecule has 2 aromatic rings. The number of unbranched alkanes of at least 4 members (excludes halogenated alkanes) is 2. The van der Waals surface area contributed by atoms with Gasteiger partial charge in [0.2, 0.25) is 5.89 Å². The minimum atomic E-state index is -0.643. The Morgan fingerprint density at radius 1 is 1.30 bits per heavy atom. The van der Waals surface area contributed by atoms with Crippen LogP contribution in [-0.4, -0.2) is 40.3 Å². The number of anilines is 1. The van der Waals surface area contributed by atoms with Crippen LogP contribution in [0.15, 0.2) is 59.3 Å². The molecular weight excluding hydrogens is 425 g/mol. The summed E-state index contributed by atoms with van der Waals surface area (Å²) in [5, 5.41) is 15.9. The maximum absolute atomic E-state index is 12.9. The lowest BCUT2D eigenvalue weighted by molar-refractivity contribution is -0.115. The molecule has 9 heteroatoms. The van der Waals surface area contributed by atoms with Gasteiger partial charge in [0.05, 0.1) is 6.67 Å². The topological polar surface area (TPSA) is 118 Å². The second-order valence-corrected chi connectivity index (χ2v) is 7.67. The highest BCUT2D eigenvalue weighted by Gasteiger charge is 2.28. The summed E-state index contributed by atoms with van der Waals surface area (Å²) >= 11 is 0. The van der Waals surface area contributed by atoms with Crippen LogP contribution in [0.4, 0.5) is 10.1 Å². The van der Waals surface area contributed by atoms with Gasteiger partial charge in [0.15, 0.2) is 11.7 Å². The molecular formula is C24H32FN5O3. The second kappa shape index (κ2) is 13.1. The number of benzene rings is 1. The maximum atomic E-state index is 12.9. The number of rotatable bonds is 12. The van der Waals surface area contributed by atoms with Crippen LogP contribution >= 0.6 is 0 Å². The van der Waals surface area contributed by atoms with Crippen LogP contribution < -0.4 is 10.6 Å². The molecule has 1 aliphatic rings. The van der Waals surface area contributed by atoms with Crippen molar-refractivity contribution in [1.29, 1.82) is 0 Å². The van der Waals surface area contributed by atoms with E-state index in [4.69, 9.17) is 15.5 Å². The molecule has 0 radical (unpaired) electrons. The van der Waals surface area contributed by atoms with Crippen molar-refractivity contribution in [2.24, 2.45) is 10.9 Å². The van der Waals surface area contributed by atoms with Crippen molar-refractivity contribution < 1.29 is 18.9 Å². The van der Waals surface area contributed by atoms with E-state index in [1.165, 1.54) is 0 Å². The summed E-state index contributed by atoms with van der Waals surface area (Å²) in [4.78, 5) is 18.8. The molecule has 0 unspecified atom stereocenters. The fourth-order valence-corrected chi connectivity index (χ4v) is 3.25. The summed E-state index contributed by atoms with van der Waals surface area (Å²) < 4.78 is 18.0. The Labute approximate surface area is 193 Å². The minimum Gasteiger partial charge on any atom is -0.409 e. The summed E-state index contributed by atoms with van der Waals surface area (Å²) in [6.45, 7) is 9.51. The molecule has 0 spiro atoms. The van der Waals surface area contributed by atoms with Gasteiger partial charge in [-0.1, -0.05) is 35.4 Å². The van der Waals surface area contributed by atoms with E-state index in [1.54, 1.807) is 29.2 Å². The van der Waals surface area contributed by atoms with Gasteiger partial charge in [0.1, 0.15) is 0 Å². The number of amides is 1. The Morgan fingerprint density at radius 3 is 2.73 bits per heavy atom. The predicted molar refractivity (Wildman–Crippen MR) is 126 cm³/mol. The van der Waals surface area contributed by atoms with E-state index >= 15 is 0 Å². The average molecular weight is 458 g/mol. The smallest absolute Gasteiger partial charge is 0.253 e. The number of nitrogens with zero attached hydrogens (tertiary/aromatic N) is 4. The molecule has 33 heavy (non-hydrogen) atoms. The Bertz CT molecular complexity index is 955. The lowest BCUT2D eigenvalue weighted by atomic mass is 10.1. The maximum Gasteiger partial charge on any atom is 0.253 e. The van der Waals surface area contributed by atoms with Gasteiger partial charge in [0, 0.05) is 42.1 Å². The SMILES string of the molecule is C=C.C=C(CCF)C(=O)N(CCCCCc1nc(C2CC2)no1)c1cccc(/C(N)=N/O)c1. The number of amidine groups is 1. The van der Waals surface area contributed by atoms with E-state index in [0.717, 1.165) is 37.9 Å². The molecule has 3 rings (SSSR count). The molecule has 0 bridgehead atoms. The van der Waals surface area contributed by atoms with Crippen LogP contribution in [0.1, 0.15) is 61.7 Å². The molecule has 0 aliphatic heterocycles. The van der Waals surface area contributed by atoms with E-state index in [1.807, 2.05) is 0 Å². The number of aromatic nitrogens is 2. The first-order valence-corrected chi connectivity index (χ1v) is 11.0. The molecule has 1 amide bonds. The van der Waals surface area contributed by atoms with E-state index in [9.17, 15) is 9.18 Å². The van der Waals surface area contributed by atoms with E-state index in [0.29, 0.717) is 36.0 Å². The first-order chi connectivity index (χ1) is 16.0. The third-order valence-electron chi connectivity index (χ3n) is 5.20. The second-order valence-electron chi connectivity index (χ2n) is 7.67. The third kappa shape index (κ3) is 7.55. The Morgan fingerprint density at radius 2 is 2.06 bits per heavy atom. The van der Waals surface area contributed by atoms with Crippen molar-refractivity contribution >= 4 is 17.4 Å². The van der Waals surface area contributed by atoms with Crippen molar-refractivity contribution in [3.05, 3.63) is 66.9 Å². The van der Waals surface area contributed by atoms with Crippen LogP contribution in [-0.2, 0) is 11.2 Å². The molecule has 178 valence electrons. The van der Waals surface area contributed by atoms with Gasteiger partial charge >= 0.3 is 0 Å². The highest BCUT2D eigenvalue weighted by molar-refractivity contribution is 6.06. The monoisotopic (exact) mass is 457 g/mol. The number of carbonyl (C=O) groups is 1. The van der Waals surface area contributed by atoms with Gasteiger partial charge in [-0.05, 0) is 37.8 Å². The third-order valence-corrected chi connectivity index (χ3v) is 5.20. The van der Waals surface area contributed by atoms with Gasteiger partial charge in [-0.2, -0.15) is 4.98 Å². The number of aryl methyl sites for hydroxylation is 1. The van der Waals surface area contributed by atoms with E-state index in [2.05, 4.69) is 35.0 Å². The lowest BCUT2D eigenvalue weighted by Crippen LogP contribution is -2.33. The number of hydrogen-bond donors (Lipinski definition) is 2. The summed E-state index contributed by atoms with van der Waals surface area (Å²) in [6, 6.07) is 6.81. The number of halogens is 1. The molecule has 1 aromatic heterocycles. The average Bonchev–Trinajstić information content (AvgIpc) is 3.60. The predicted octanol–water partition coefficient (Wildman–Crippen LogP) is 4.51. The van der Waals surface area contributed by atoms with Crippen molar-refractivity contribution in [2.75, 3.05) is 18.1 Å². The molecule has 1 heterocycles. The highest BCUT2D eigenvalue weighted by Crippen LogP contribution is 2.38. The Hall–Kier alpha value is -3.49. The largest absolute Gasteiger partial charge is 0.409 e. The normalized spacial score (nSPS) is 13.2. The molecule has 0 saturated heterocycles. The van der Waals surface area contributed by atoms with Crippen LogP contribution in [0.2, 0.25) is 0 Å². The molecule has 8 nitrogen and oxygen atoms in total. The number of carbonyl (C=O) groups excluding carboxylic acids is 1. The van der Waals surface area contributed by atoms with E-state index < -0.39 is 6.67 Å². The van der Waals surface area contributed by atoms with Crippen molar-refractivity contribution in [1.82, 2.24) is 10.1 Å². The van der Waals surface area contributed by atoms with Gasteiger partial charge in [-0.3, -0.25) is 9.18 Å². The molecule has 3 N–H and O–H groups in total. The zero-order valence-corrected chi connectivity index (χ0v) is 18.9. The summed E-state index contributed by atoms with van der Waals surface area (Å²) in [5.41, 5.74) is 6.95. The van der Waals surface area contributed by atoms with Gasteiger partial charge in [0.25, 0.3) is 5.91 Å². The van der Waals surface area contributed by atoms with Crippen molar-refractivity contribution in [3.8, 4) is 0 Å². The summed E-state index contributed by atoms with van der Waals surface area (Å²) in [5.74, 6) is 1.54. The lowest BCUT2D eigenvalue weighted by Gasteiger charge is -2.24. The standard InChI is InChI=1S/C22H28FN5O3.C2H4/c1-15(11-12-23)22(29)28(18-7-5-6-17(14-18)20(24)26-30)13-4-2-3-8-19-25-21(27-31-19)16-9-10-16;1-2/h5-7,14,16,30H,1-4,8-13H2,(H2,24,26);1-2H2. The summed E-state index contributed by atoms with van der Waals surface area (Å²) in [6.07, 6.45) is 5.37. The number of nitrogens with two attached hydrogens (primary N) is 1.